The van der Waals surface area contributed by atoms with Gasteiger partial charge in [0.05, 0.1) is 5.75 Å². The molecule has 126 valence electrons. The molecule has 0 radical (unpaired) electrons. The summed E-state index contributed by atoms with van der Waals surface area (Å²) < 4.78 is 26.2. The second-order valence-corrected chi connectivity index (χ2v) is 8.20. The highest BCUT2D eigenvalue weighted by Gasteiger charge is 2.20. The molecular weight excluding hydrogens is 284 g/mol. The Balaban J connectivity index is 1.85. The minimum atomic E-state index is -3.05. The van der Waals surface area contributed by atoms with E-state index >= 15 is 0 Å². The van der Waals surface area contributed by atoms with Crippen molar-refractivity contribution in [1.82, 2.24) is 10.0 Å². The Labute approximate surface area is 131 Å². The van der Waals surface area contributed by atoms with Gasteiger partial charge in [0.1, 0.15) is 0 Å². The summed E-state index contributed by atoms with van der Waals surface area (Å²) >= 11 is 0. The van der Waals surface area contributed by atoms with E-state index in [-0.39, 0.29) is 5.75 Å². The third kappa shape index (κ3) is 12.1. The standard InChI is InChI=1S/C16H34N2O2S/c1-2-3-4-5-6-7-8-9-14-18-21(19,20)15-10-13-17-16-11-12-16/h16-18H,2-15H2,1H3. The van der Waals surface area contributed by atoms with Crippen molar-refractivity contribution >= 4 is 10.0 Å². The minimum absolute atomic E-state index is 0.254. The maximum atomic E-state index is 11.8. The van der Waals surface area contributed by atoms with E-state index < -0.39 is 10.0 Å². The average molecular weight is 319 g/mol. The summed E-state index contributed by atoms with van der Waals surface area (Å²) in [5.41, 5.74) is 0. The molecule has 1 fully saturated rings. The van der Waals surface area contributed by atoms with Gasteiger partial charge in [-0.2, -0.15) is 0 Å². The van der Waals surface area contributed by atoms with Crippen molar-refractivity contribution in [1.29, 1.82) is 0 Å². The fourth-order valence-electron chi connectivity index (χ4n) is 2.41. The molecule has 0 aliphatic heterocycles. The summed E-state index contributed by atoms with van der Waals surface area (Å²) in [5, 5.41) is 3.34. The van der Waals surface area contributed by atoms with Crippen molar-refractivity contribution in [3.63, 3.8) is 0 Å². The van der Waals surface area contributed by atoms with Crippen LogP contribution in [0.4, 0.5) is 0 Å². The van der Waals surface area contributed by atoms with Crippen LogP contribution in [0.15, 0.2) is 0 Å². The molecule has 0 spiro atoms. The first-order chi connectivity index (χ1) is 10.1. The van der Waals surface area contributed by atoms with Crippen molar-refractivity contribution in [3.8, 4) is 0 Å². The summed E-state index contributed by atoms with van der Waals surface area (Å²) in [7, 11) is -3.05. The van der Waals surface area contributed by atoms with Crippen molar-refractivity contribution in [2.24, 2.45) is 0 Å². The number of nitrogens with one attached hydrogen (secondary N) is 2. The van der Waals surface area contributed by atoms with Gasteiger partial charge in [-0.25, -0.2) is 13.1 Å². The second kappa shape index (κ2) is 11.4. The van der Waals surface area contributed by atoms with Crippen LogP contribution in [0.5, 0.6) is 0 Å². The van der Waals surface area contributed by atoms with Crippen molar-refractivity contribution in [2.75, 3.05) is 18.8 Å². The molecule has 0 aromatic heterocycles. The van der Waals surface area contributed by atoms with Crippen LogP contribution in [-0.4, -0.2) is 33.3 Å². The normalized spacial score (nSPS) is 15.5. The Hall–Kier alpha value is -0.130. The van der Waals surface area contributed by atoms with Crippen LogP contribution in [0.25, 0.3) is 0 Å². The van der Waals surface area contributed by atoms with Gasteiger partial charge in [-0.05, 0) is 32.2 Å². The number of hydrogen-bond donors (Lipinski definition) is 2. The first-order valence-corrected chi connectivity index (χ1v) is 10.5. The van der Waals surface area contributed by atoms with Gasteiger partial charge in [-0.3, -0.25) is 0 Å². The van der Waals surface area contributed by atoms with Gasteiger partial charge in [0.2, 0.25) is 10.0 Å². The topological polar surface area (TPSA) is 58.2 Å². The molecule has 5 heteroatoms. The van der Waals surface area contributed by atoms with Crippen LogP contribution in [0, 0.1) is 0 Å². The van der Waals surface area contributed by atoms with Gasteiger partial charge < -0.3 is 5.32 Å². The van der Waals surface area contributed by atoms with Crippen molar-refractivity contribution < 1.29 is 8.42 Å². The highest BCUT2D eigenvalue weighted by Crippen LogP contribution is 2.18. The van der Waals surface area contributed by atoms with E-state index in [2.05, 4.69) is 17.0 Å². The van der Waals surface area contributed by atoms with Gasteiger partial charge in [0.15, 0.2) is 0 Å². The number of sulfonamides is 1. The average Bonchev–Trinajstić information content (AvgIpc) is 3.26. The number of unbranched alkanes of at least 4 members (excludes halogenated alkanes) is 7. The maximum absolute atomic E-state index is 11.8. The SMILES string of the molecule is CCCCCCCCCCNS(=O)(=O)CCCNC1CC1. The van der Waals surface area contributed by atoms with E-state index in [4.69, 9.17) is 0 Å². The molecule has 0 aromatic rings. The molecule has 1 aliphatic rings. The Morgan fingerprint density at radius 2 is 1.48 bits per heavy atom. The lowest BCUT2D eigenvalue weighted by Crippen LogP contribution is -2.29. The summed E-state index contributed by atoms with van der Waals surface area (Å²) in [4.78, 5) is 0. The molecule has 0 aromatic carbocycles. The molecule has 1 rings (SSSR count). The van der Waals surface area contributed by atoms with E-state index in [0.717, 1.165) is 19.4 Å². The zero-order chi connectivity index (χ0) is 15.4. The zero-order valence-electron chi connectivity index (χ0n) is 13.7. The summed E-state index contributed by atoms with van der Waals surface area (Å²) in [6, 6.07) is 0.665. The van der Waals surface area contributed by atoms with Gasteiger partial charge in [-0.1, -0.05) is 51.9 Å². The van der Waals surface area contributed by atoms with Crippen molar-refractivity contribution in [3.05, 3.63) is 0 Å². The van der Waals surface area contributed by atoms with E-state index in [1.165, 1.54) is 51.4 Å². The van der Waals surface area contributed by atoms with Crippen LogP contribution in [0.2, 0.25) is 0 Å². The fraction of sp³-hybridized carbons (Fsp3) is 1.00. The number of rotatable bonds is 15. The molecule has 4 nitrogen and oxygen atoms in total. The largest absolute Gasteiger partial charge is 0.314 e. The van der Waals surface area contributed by atoms with Crippen LogP contribution >= 0.6 is 0 Å². The molecule has 1 aliphatic carbocycles. The molecule has 0 heterocycles. The van der Waals surface area contributed by atoms with E-state index in [0.29, 0.717) is 19.0 Å². The van der Waals surface area contributed by atoms with Gasteiger partial charge in [-0.15, -0.1) is 0 Å². The summed E-state index contributed by atoms with van der Waals surface area (Å²) in [6.45, 7) is 3.66. The Morgan fingerprint density at radius 3 is 2.10 bits per heavy atom. The third-order valence-electron chi connectivity index (χ3n) is 3.95. The molecule has 0 unspecified atom stereocenters. The summed E-state index contributed by atoms with van der Waals surface area (Å²) in [5.74, 6) is 0.254. The maximum Gasteiger partial charge on any atom is 0.211 e. The van der Waals surface area contributed by atoms with Crippen molar-refractivity contribution in [2.45, 2.75) is 83.6 Å². The van der Waals surface area contributed by atoms with E-state index in [9.17, 15) is 8.42 Å². The highest BCUT2D eigenvalue weighted by molar-refractivity contribution is 7.89. The molecule has 21 heavy (non-hydrogen) atoms. The van der Waals surface area contributed by atoms with E-state index in [1.807, 2.05) is 0 Å². The highest BCUT2D eigenvalue weighted by atomic mass is 32.2. The van der Waals surface area contributed by atoms with Crippen LogP contribution in [-0.2, 0) is 10.0 Å². The predicted molar refractivity (Wildman–Crippen MR) is 90.0 cm³/mol. The molecule has 1 saturated carbocycles. The Morgan fingerprint density at radius 1 is 0.857 bits per heavy atom. The van der Waals surface area contributed by atoms with E-state index in [1.54, 1.807) is 0 Å². The number of hydrogen-bond acceptors (Lipinski definition) is 3. The quantitative estimate of drug-likeness (QED) is 0.456. The molecule has 2 N–H and O–H groups in total. The van der Waals surface area contributed by atoms with Gasteiger partial charge >= 0.3 is 0 Å². The van der Waals surface area contributed by atoms with Crippen LogP contribution in [0.1, 0.15) is 77.6 Å². The first kappa shape index (κ1) is 18.9. The molecule has 0 amide bonds. The lowest BCUT2D eigenvalue weighted by molar-refractivity contribution is 0.556. The Bertz CT molecular complexity index is 340. The predicted octanol–water partition coefficient (Wildman–Crippen LogP) is 3.19. The smallest absolute Gasteiger partial charge is 0.211 e. The molecule has 0 saturated heterocycles. The summed E-state index contributed by atoms with van der Waals surface area (Å²) in [6.07, 6.45) is 13.1. The van der Waals surface area contributed by atoms with Crippen LogP contribution in [0.3, 0.4) is 0 Å². The first-order valence-electron chi connectivity index (χ1n) is 8.85. The fourth-order valence-corrected chi connectivity index (χ4v) is 3.54. The van der Waals surface area contributed by atoms with Crippen LogP contribution < -0.4 is 10.0 Å². The third-order valence-corrected chi connectivity index (χ3v) is 5.42. The second-order valence-electron chi connectivity index (χ2n) is 6.27. The molecule has 0 atom stereocenters. The lowest BCUT2D eigenvalue weighted by Gasteiger charge is -2.07. The monoisotopic (exact) mass is 318 g/mol. The Kier molecular flexibility index (Phi) is 10.3. The zero-order valence-corrected chi connectivity index (χ0v) is 14.5. The molecule has 0 bridgehead atoms. The molecular formula is C16H34N2O2S. The lowest BCUT2D eigenvalue weighted by atomic mass is 10.1. The minimum Gasteiger partial charge on any atom is -0.314 e. The van der Waals surface area contributed by atoms with Gasteiger partial charge in [0, 0.05) is 12.6 Å². The van der Waals surface area contributed by atoms with Gasteiger partial charge in [0.25, 0.3) is 0 Å².